The number of aromatic nitrogens is 1. The minimum absolute atomic E-state index is 0.0522. The first-order chi connectivity index (χ1) is 9.26. The summed E-state index contributed by atoms with van der Waals surface area (Å²) in [5.74, 6) is -1.19. The molecule has 1 aromatic rings. The van der Waals surface area contributed by atoms with Gasteiger partial charge in [0.1, 0.15) is 17.6 Å². The van der Waals surface area contributed by atoms with Gasteiger partial charge in [0.2, 0.25) is 10.0 Å². The van der Waals surface area contributed by atoms with Gasteiger partial charge < -0.3 is 11.1 Å². The summed E-state index contributed by atoms with van der Waals surface area (Å²) in [6.45, 7) is -0.193. The zero-order valence-corrected chi connectivity index (χ0v) is 11.3. The van der Waals surface area contributed by atoms with Crippen LogP contribution in [0.15, 0.2) is 12.3 Å². The second-order valence-corrected chi connectivity index (χ2v) is 5.71. The SMILES string of the molecule is CNS(=O)(=O)CCNC(=O)c1cc(N)ncc1[N+](=O)[O-]. The van der Waals surface area contributed by atoms with Gasteiger partial charge in [-0.3, -0.25) is 14.9 Å². The van der Waals surface area contributed by atoms with Gasteiger partial charge in [-0.15, -0.1) is 0 Å². The Morgan fingerprint density at radius 1 is 1.55 bits per heavy atom. The molecule has 0 aliphatic carbocycles. The van der Waals surface area contributed by atoms with Crippen molar-refractivity contribution in [3.8, 4) is 0 Å². The summed E-state index contributed by atoms with van der Waals surface area (Å²) in [6, 6.07) is 1.06. The molecule has 0 spiro atoms. The van der Waals surface area contributed by atoms with Crippen LogP contribution in [0, 0.1) is 10.1 Å². The normalized spacial score (nSPS) is 11.1. The molecule has 0 aromatic carbocycles. The van der Waals surface area contributed by atoms with Crippen LogP contribution in [0.4, 0.5) is 11.5 Å². The number of nitrogens with zero attached hydrogens (tertiary/aromatic N) is 2. The quantitative estimate of drug-likeness (QED) is 0.442. The van der Waals surface area contributed by atoms with E-state index in [1.807, 2.05) is 0 Å². The maximum Gasteiger partial charge on any atom is 0.300 e. The van der Waals surface area contributed by atoms with Crippen LogP contribution in [-0.4, -0.2) is 43.6 Å². The molecule has 0 fully saturated rings. The van der Waals surface area contributed by atoms with Crippen molar-refractivity contribution in [1.29, 1.82) is 0 Å². The van der Waals surface area contributed by atoms with Gasteiger partial charge in [0.25, 0.3) is 11.6 Å². The van der Waals surface area contributed by atoms with Crippen molar-refractivity contribution in [3.63, 3.8) is 0 Å². The second-order valence-electron chi connectivity index (χ2n) is 3.66. The van der Waals surface area contributed by atoms with Crippen molar-refractivity contribution in [2.75, 3.05) is 25.1 Å². The number of hydrogen-bond donors (Lipinski definition) is 3. The molecule has 0 atom stereocenters. The number of hydrogen-bond acceptors (Lipinski definition) is 7. The van der Waals surface area contributed by atoms with Gasteiger partial charge in [-0.2, -0.15) is 0 Å². The number of nitrogens with two attached hydrogens (primary N) is 1. The summed E-state index contributed by atoms with van der Waals surface area (Å²) >= 11 is 0. The smallest absolute Gasteiger partial charge is 0.300 e. The molecule has 0 aliphatic rings. The Hall–Kier alpha value is -2.27. The number of pyridine rings is 1. The summed E-state index contributed by atoms with van der Waals surface area (Å²) < 4.78 is 24.4. The molecule has 0 radical (unpaired) electrons. The van der Waals surface area contributed by atoms with Crippen molar-refractivity contribution >= 4 is 27.4 Å². The number of nitrogen functional groups attached to an aromatic ring is 1. The van der Waals surface area contributed by atoms with E-state index < -0.39 is 26.5 Å². The third kappa shape index (κ3) is 4.13. The van der Waals surface area contributed by atoms with E-state index in [1.54, 1.807) is 0 Å². The van der Waals surface area contributed by atoms with Gasteiger partial charge in [0, 0.05) is 6.54 Å². The Labute approximate surface area is 114 Å². The molecule has 0 saturated heterocycles. The number of amides is 1. The molecule has 4 N–H and O–H groups in total. The molecule has 10 nitrogen and oxygen atoms in total. The maximum atomic E-state index is 11.8. The topological polar surface area (TPSA) is 157 Å². The molecule has 0 unspecified atom stereocenters. The molecule has 1 aromatic heterocycles. The zero-order valence-electron chi connectivity index (χ0n) is 10.5. The van der Waals surface area contributed by atoms with Crippen LogP contribution >= 0.6 is 0 Å². The van der Waals surface area contributed by atoms with Crippen molar-refractivity contribution in [3.05, 3.63) is 27.9 Å². The van der Waals surface area contributed by atoms with Gasteiger partial charge in [-0.1, -0.05) is 0 Å². The molecule has 1 heterocycles. The van der Waals surface area contributed by atoms with Crippen LogP contribution in [-0.2, 0) is 10.0 Å². The van der Waals surface area contributed by atoms with Crippen LogP contribution < -0.4 is 15.8 Å². The maximum absolute atomic E-state index is 11.8. The number of carbonyl (C=O) groups excluding carboxylic acids is 1. The lowest BCUT2D eigenvalue weighted by molar-refractivity contribution is -0.385. The van der Waals surface area contributed by atoms with E-state index in [-0.39, 0.29) is 23.7 Å². The van der Waals surface area contributed by atoms with E-state index in [9.17, 15) is 23.3 Å². The molecular weight excluding hydrogens is 290 g/mol. The Morgan fingerprint density at radius 3 is 2.75 bits per heavy atom. The lowest BCUT2D eigenvalue weighted by Crippen LogP contribution is -2.33. The Balaban J connectivity index is 2.83. The largest absolute Gasteiger partial charge is 0.384 e. The van der Waals surface area contributed by atoms with Gasteiger partial charge in [-0.05, 0) is 13.1 Å². The fourth-order valence-corrected chi connectivity index (χ4v) is 1.86. The lowest BCUT2D eigenvalue weighted by atomic mass is 10.2. The van der Waals surface area contributed by atoms with Crippen LogP contribution in [0.1, 0.15) is 10.4 Å². The minimum atomic E-state index is -3.47. The number of carbonyl (C=O) groups is 1. The monoisotopic (exact) mass is 303 g/mol. The number of nitrogens with one attached hydrogen (secondary N) is 2. The predicted octanol–water partition coefficient (Wildman–Crippen LogP) is -1.15. The highest BCUT2D eigenvalue weighted by Crippen LogP contribution is 2.18. The third-order valence-corrected chi connectivity index (χ3v) is 3.68. The van der Waals surface area contributed by atoms with Gasteiger partial charge in [-0.25, -0.2) is 18.1 Å². The zero-order chi connectivity index (χ0) is 15.3. The molecular formula is C9H13N5O5S. The van der Waals surface area contributed by atoms with Crippen molar-refractivity contribution in [2.24, 2.45) is 0 Å². The fraction of sp³-hybridized carbons (Fsp3) is 0.333. The first-order valence-corrected chi connectivity index (χ1v) is 7.01. The average molecular weight is 303 g/mol. The Bertz CT molecular complexity index is 630. The highest BCUT2D eigenvalue weighted by molar-refractivity contribution is 7.89. The molecule has 0 bridgehead atoms. The van der Waals surface area contributed by atoms with Crippen LogP contribution in [0.5, 0.6) is 0 Å². The number of sulfonamides is 1. The van der Waals surface area contributed by atoms with E-state index in [0.717, 1.165) is 12.3 Å². The molecule has 11 heteroatoms. The summed E-state index contributed by atoms with van der Waals surface area (Å²) in [5.41, 5.74) is 4.59. The Kier molecular flexibility index (Phi) is 4.94. The molecule has 20 heavy (non-hydrogen) atoms. The fourth-order valence-electron chi connectivity index (χ4n) is 1.29. The van der Waals surface area contributed by atoms with E-state index in [0.29, 0.717) is 0 Å². The number of rotatable bonds is 6. The van der Waals surface area contributed by atoms with Crippen molar-refractivity contribution in [1.82, 2.24) is 15.0 Å². The summed E-state index contributed by atoms with van der Waals surface area (Å²) in [4.78, 5) is 25.3. The van der Waals surface area contributed by atoms with Crippen LogP contribution in [0.3, 0.4) is 0 Å². The van der Waals surface area contributed by atoms with Crippen LogP contribution in [0.25, 0.3) is 0 Å². The summed E-state index contributed by atoms with van der Waals surface area (Å²) in [6.07, 6.45) is 0.870. The molecule has 1 rings (SSSR count). The Morgan fingerprint density at radius 2 is 2.20 bits per heavy atom. The van der Waals surface area contributed by atoms with Gasteiger partial charge >= 0.3 is 0 Å². The highest BCUT2D eigenvalue weighted by Gasteiger charge is 2.21. The number of nitro groups is 1. The first-order valence-electron chi connectivity index (χ1n) is 5.36. The lowest BCUT2D eigenvalue weighted by Gasteiger charge is -2.06. The average Bonchev–Trinajstić information content (AvgIpc) is 2.37. The van der Waals surface area contributed by atoms with E-state index >= 15 is 0 Å². The van der Waals surface area contributed by atoms with E-state index in [1.165, 1.54) is 7.05 Å². The van der Waals surface area contributed by atoms with E-state index in [2.05, 4.69) is 15.0 Å². The number of anilines is 1. The van der Waals surface area contributed by atoms with Crippen LogP contribution in [0.2, 0.25) is 0 Å². The summed E-state index contributed by atoms with van der Waals surface area (Å²) in [7, 11) is -2.23. The minimum Gasteiger partial charge on any atom is -0.384 e. The van der Waals surface area contributed by atoms with Crippen molar-refractivity contribution in [2.45, 2.75) is 0 Å². The second kappa shape index (κ2) is 6.25. The van der Waals surface area contributed by atoms with Crippen molar-refractivity contribution < 1.29 is 18.1 Å². The highest BCUT2D eigenvalue weighted by atomic mass is 32.2. The standard InChI is InChI=1S/C9H13N5O5S/c1-11-20(18,19)3-2-12-9(15)6-4-8(10)13-5-7(6)14(16)17/h4-5,11H,2-3H2,1H3,(H2,10,13)(H,12,15). The van der Waals surface area contributed by atoms with Gasteiger partial charge in [0.15, 0.2) is 0 Å². The molecule has 1 amide bonds. The molecule has 110 valence electrons. The van der Waals surface area contributed by atoms with E-state index in [4.69, 9.17) is 5.73 Å². The third-order valence-electron chi connectivity index (χ3n) is 2.31. The molecule has 0 saturated carbocycles. The summed E-state index contributed by atoms with van der Waals surface area (Å²) in [5, 5.41) is 13.0. The molecule has 0 aliphatic heterocycles. The van der Waals surface area contributed by atoms with Gasteiger partial charge in [0.05, 0.1) is 10.7 Å². The predicted molar refractivity (Wildman–Crippen MR) is 70.5 cm³/mol. The first kappa shape index (κ1) is 15.8.